The summed E-state index contributed by atoms with van der Waals surface area (Å²) in [5, 5.41) is 79.0. The van der Waals surface area contributed by atoms with Gasteiger partial charge in [0.25, 0.3) is 0 Å². The van der Waals surface area contributed by atoms with Crippen molar-refractivity contribution in [2.45, 2.75) is 60.7 Å². The molecule has 8 N–H and O–H groups in total. The van der Waals surface area contributed by atoms with Gasteiger partial charge in [0.1, 0.15) is 67.6 Å². The van der Waals surface area contributed by atoms with Crippen LogP contribution in [0.25, 0.3) is 0 Å². The van der Waals surface area contributed by atoms with E-state index in [4.69, 9.17) is 26.1 Å². The van der Waals surface area contributed by atoms with Crippen LogP contribution < -0.4 is 0 Å². The monoisotopic (exact) mass is 434 g/mol. The van der Waals surface area contributed by atoms with Gasteiger partial charge >= 0.3 is 5.97 Å². The fourth-order valence-corrected chi connectivity index (χ4v) is 3.30. The molecule has 0 radical (unpaired) electrons. The van der Waals surface area contributed by atoms with E-state index in [0.717, 1.165) is 0 Å². The molecule has 0 aromatic rings. The Kier molecular flexibility index (Phi) is 7.58. The molecule has 2 fully saturated rings. The van der Waals surface area contributed by atoms with Gasteiger partial charge in [-0.05, 0) is 0 Å². The molecule has 0 saturated carbocycles. The number of rotatable bonds is 7. The zero-order valence-corrected chi connectivity index (χ0v) is 15.1. The van der Waals surface area contributed by atoms with Gasteiger partial charge in [0.2, 0.25) is 11.6 Å². The second kappa shape index (κ2) is 8.99. The van der Waals surface area contributed by atoms with Gasteiger partial charge in [-0.15, -0.1) is 0 Å². The van der Waals surface area contributed by atoms with Crippen molar-refractivity contribution in [2.75, 3.05) is 19.8 Å². The zero-order chi connectivity index (χ0) is 21.3. The number of carbonyl (C=O) groups excluding carboxylic acids is 1. The van der Waals surface area contributed by atoms with Gasteiger partial charge in [0.05, 0.1) is 13.2 Å². The number of hydrogen-bond acceptors (Lipinski definition) is 13. The van der Waals surface area contributed by atoms with E-state index in [2.05, 4.69) is 4.29 Å². The van der Waals surface area contributed by atoms with Gasteiger partial charge in [-0.25, -0.2) is 0 Å². The fourth-order valence-electron chi connectivity index (χ4n) is 3.25. The second-order valence-corrected chi connectivity index (χ2v) is 6.70. The van der Waals surface area contributed by atoms with Crippen LogP contribution in [0.3, 0.4) is 0 Å². The average Bonchev–Trinajstić information content (AvgIpc) is 2.93. The molecular weight excluding hydrogens is 412 g/mol. The van der Waals surface area contributed by atoms with Crippen LogP contribution >= 0.6 is 11.9 Å². The van der Waals surface area contributed by atoms with E-state index in [1.165, 1.54) is 0 Å². The minimum absolute atomic E-state index is 0.788. The third-order valence-corrected chi connectivity index (χ3v) is 4.94. The van der Waals surface area contributed by atoms with Crippen LogP contribution in [-0.2, 0) is 23.3 Å². The minimum Gasteiger partial charge on any atom is -0.394 e. The van der Waals surface area contributed by atoms with Crippen molar-refractivity contribution in [3.63, 3.8) is 0 Å². The Morgan fingerprint density at radius 3 is 1.82 bits per heavy atom. The van der Waals surface area contributed by atoms with E-state index in [1.54, 1.807) is 0 Å². The first-order chi connectivity index (χ1) is 13.1. The molecule has 9 atom stereocenters. The number of ether oxygens (including phenoxy) is 3. The lowest BCUT2D eigenvalue weighted by Gasteiger charge is -2.50. The van der Waals surface area contributed by atoms with Crippen LogP contribution in [0, 0.1) is 0 Å². The summed E-state index contributed by atoms with van der Waals surface area (Å²) in [7, 11) is 0. The van der Waals surface area contributed by atoms with E-state index in [-0.39, 0.29) is 0 Å². The Morgan fingerprint density at radius 1 is 0.857 bits per heavy atom. The molecule has 1 unspecified atom stereocenters. The van der Waals surface area contributed by atoms with Gasteiger partial charge in [-0.2, -0.15) is 0 Å². The Balaban J connectivity index is 2.46. The Labute approximate surface area is 163 Å². The first kappa shape index (κ1) is 23.6. The summed E-state index contributed by atoms with van der Waals surface area (Å²) < 4.78 is 19.9. The summed E-state index contributed by atoms with van der Waals surface area (Å²) in [6.45, 7) is -2.83. The molecule has 0 spiro atoms. The maximum Gasteiger partial charge on any atom is 0.330 e. The highest BCUT2D eigenvalue weighted by Gasteiger charge is 2.64. The molecule has 14 heteroatoms. The Morgan fingerprint density at radius 2 is 1.36 bits per heavy atom. The minimum atomic E-state index is -2.65. The van der Waals surface area contributed by atoms with Crippen LogP contribution in [0.4, 0.5) is 0 Å². The molecule has 0 amide bonds. The summed E-state index contributed by atoms with van der Waals surface area (Å²) in [5.41, 5.74) is 0. The van der Waals surface area contributed by atoms with Gasteiger partial charge in [-0.1, -0.05) is 0 Å². The predicted molar refractivity (Wildman–Crippen MR) is 84.1 cm³/mol. The standard InChI is InChI=1S/C14H23ClO13/c15-27-7(19)1-13(12(24)10(22)8(20)5(2-16)25-13)28-14(4-18)11(23)9(21)6(3-17)26-14/h5-6,8-12,16-18,20-24H,1-4H2/t5-,6-,8-,9-,10+,11+,12-,13+,14?/m1/s1. The van der Waals surface area contributed by atoms with Crippen LogP contribution in [0.2, 0.25) is 0 Å². The lowest BCUT2D eigenvalue weighted by Crippen LogP contribution is -2.70. The number of carbonyl (C=O) groups is 1. The molecule has 0 aromatic carbocycles. The van der Waals surface area contributed by atoms with Crippen LogP contribution in [0.1, 0.15) is 6.42 Å². The Bertz CT molecular complexity index is 549. The number of aliphatic hydroxyl groups excluding tert-OH is 8. The SMILES string of the molecule is O=C(C[C@@]1(OC2(CO)O[C@H](CO)[C@@H](O)[C@@H]2O)O[C@H](CO)[C@@H](O)[C@H](O)[C@H]1O)OCl. The molecule has 0 bridgehead atoms. The van der Waals surface area contributed by atoms with Crippen LogP contribution in [-0.4, -0.2) is 121 Å². The topological polar surface area (TPSA) is 216 Å². The Hall–Kier alpha value is -0.680. The van der Waals surface area contributed by atoms with Gasteiger partial charge < -0.3 is 59.4 Å². The van der Waals surface area contributed by atoms with E-state index < -0.39 is 86.5 Å². The van der Waals surface area contributed by atoms with Gasteiger partial charge in [0, 0.05) is 0 Å². The third-order valence-electron chi connectivity index (χ3n) is 4.76. The predicted octanol–water partition coefficient (Wildman–Crippen LogP) is -4.94. The summed E-state index contributed by atoms with van der Waals surface area (Å²) in [6, 6.07) is 0. The smallest absolute Gasteiger partial charge is 0.330 e. The molecule has 13 nitrogen and oxygen atoms in total. The van der Waals surface area contributed by atoms with Gasteiger partial charge in [0.15, 0.2) is 0 Å². The normalized spacial score (nSPS) is 46.5. The lowest BCUT2D eigenvalue weighted by molar-refractivity contribution is -0.433. The second-order valence-electron chi connectivity index (χ2n) is 6.55. The molecule has 28 heavy (non-hydrogen) atoms. The number of aliphatic hydroxyl groups is 8. The highest BCUT2D eigenvalue weighted by atomic mass is 35.5. The summed E-state index contributed by atoms with van der Waals surface area (Å²) in [6.07, 6.45) is -13.8. The molecule has 2 aliphatic rings. The molecule has 0 aliphatic carbocycles. The maximum atomic E-state index is 11.8. The summed E-state index contributed by atoms with van der Waals surface area (Å²) in [4.78, 5) is 11.8. The molecule has 164 valence electrons. The highest BCUT2D eigenvalue weighted by Crippen LogP contribution is 2.42. The largest absolute Gasteiger partial charge is 0.394 e. The van der Waals surface area contributed by atoms with Gasteiger partial charge in [-0.3, -0.25) is 4.79 Å². The first-order valence-electron chi connectivity index (χ1n) is 8.21. The van der Waals surface area contributed by atoms with Crippen molar-refractivity contribution in [1.82, 2.24) is 0 Å². The first-order valence-corrected chi connectivity index (χ1v) is 8.52. The van der Waals surface area contributed by atoms with E-state index in [1.807, 2.05) is 0 Å². The van der Waals surface area contributed by atoms with E-state index in [0.29, 0.717) is 0 Å². The number of hydrogen-bond donors (Lipinski definition) is 8. The van der Waals surface area contributed by atoms with Crippen molar-refractivity contribution < 1.29 is 64.1 Å². The summed E-state index contributed by atoms with van der Waals surface area (Å²) >= 11 is 4.99. The molecule has 2 saturated heterocycles. The van der Waals surface area contributed by atoms with E-state index >= 15 is 0 Å². The quantitative estimate of drug-likeness (QED) is 0.188. The molecule has 2 rings (SSSR count). The fraction of sp³-hybridized carbons (Fsp3) is 0.929. The van der Waals surface area contributed by atoms with Crippen molar-refractivity contribution in [3.05, 3.63) is 0 Å². The van der Waals surface area contributed by atoms with Crippen molar-refractivity contribution in [3.8, 4) is 0 Å². The van der Waals surface area contributed by atoms with E-state index in [9.17, 15) is 45.6 Å². The van der Waals surface area contributed by atoms with Crippen LogP contribution in [0.5, 0.6) is 0 Å². The molecule has 2 aliphatic heterocycles. The summed E-state index contributed by atoms with van der Waals surface area (Å²) in [5.74, 6) is -6.42. The highest BCUT2D eigenvalue weighted by molar-refractivity contribution is 6.13. The number of halogens is 1. The van der Waals surface area contributed by atoms with Crippen LogP contribution in [0.15, 0.2) is 0 Å². The van der Waals surface area contributed by atoms with Crippen molar-refractivity contribution >= 4 is 17.8 Å². The molecular formula is C14H23ClO13. The van der Waals surface area contributed by atoms with Crippen molar-refractivity contribution in [1.29, 1.82) is 0 Å². The third kappa shape index (κ3) is 3.98. The average molecular weight is 435 g/mol. The van der Waals surface area contributed by atoms with Crippen molar-refractivity contribution in [2.24, 2.45) is 0 Å². The molecule has 2 heterocycles. The molecule has 0 aromatic heterocycles. The lowest BCUT2D eigenvalue weighted by atomic mass is 9.90. The maximum absolute atomic E-state index is 11.8. The zero-order valence-electron chi connectivity index (χ0n) is 14.4.